The minimum Gasteiger partial charge on any atom is -0.455 e. The molecular weight excluding hydrogens is 292 g/mol. The minimum absolute atomic E-state index is 0.977. The molecule has 1 heterocycles. The van der Waals surface area contributed by atoms with Gasteiger partial charge >= 0.3 is 0 Å². The fourth-order valence-electron chi connectivity index (χ4n) is 3.74. The summed E-state index contributed by atoms with van der Waals surface area (Å²) in [6.45, 7) is 2.22. The van der Waals surface area contributed by atoms with Gasteiger partial charge in [0.05, 0.1) is 0 Å². The molecule has 4 aromatic carbocycles. The van der Waals surface area contributed by atoms with Gasteiger partial charge in [-0.3, -0.25) is 0 Å². The third kappa shape index (κ3) is 1.94. The molecule has 0 N–H and O–H groups in total. The summed E-state index contributed by atoms with van der Waals surface area (Å²) in [6, 6.07) is 24.0. The molecule has 5 rings (SSSR count). The Morgan fingerprint density at radius 3 is 2.38 bits per heavy atom. The van der Waals surface area contributed by atoms with Crippen LogP contribution in [0, 0.1) is 0 Å². The van der Waals surface area contributed by atoms with Crippen molar-refractivity contribution in [3.05, 3.63) is 72.3 Å². The van der Waals surface area contributed by atoms with E-state index in [1.165, 1.54) is 37.9 Å². The Labute approximate surface area is 140 Å². The van der Waals surface area contributed by atoms with Crippen LogP contribution in [0.15, 0.2) is 71.1 Å². The predicted molar refractivity (Wildman–Crippen MR) is 103 cm³/mol. The fourth-order valence-corrected chi connectivity index (χ4v) is 3.74. The highest BCUT2D eigenvalue weighted by Crippen LogP contribution is 2.36. The van der Waals surface area contributed by atoms with E-state index in [4.69, 9.17) is 4.42 Å². The second kappa shape index (κ2) is 5.10. The van der Waals surface area contributed by atoms with Crippen molar-refractivity contribution in [2.45, 2.75) is 19.8 Å². The molecule has 1 heteroatoms. The maximum Gasteiger partial charge on any atom is 0.143 e. The average Bonchev–Trinajstić information content (AvgIpc) is 2.99. The number of rotatable bonds is 2. The molecule has 1 aromatic heterocycles. The van der Waals surface area contributed by atoms with E-state index < -0.39 is 0 Å². The summed E-state index contributed by atoms with van der Waals surface area (Å²) in [5, 5.41) is 7.39. The summed E-state index contributed by atoms with van der Waals surface area (Å²) in [6.07, 6.45) is 2.27. The van der Waals surface area contributed by atoms with Gasteiger partial charge in [0, 0.05) is 16.2 Å². The first kappa shape index (κ1) is 13.6. The van der Waals surface area contributed by atoms with E-state index in [1.54, 1.807) is 0 Å². The van der Waals surface area contributed by atoms with Crippen LogP contribution in [-0.2, 0) is 6.42 Å². The van der Waals surface area contributed by atoms with E-state index in [1.807, 2.05) is 0 Å². The Bertz CT molecular complexity index is 1210. The molecule has 0 atom stereocenters. The van der Waals surface area contributed by atoms with E-state index in [2.05, 4.69) is 73.7 Å². The SMILES string of the molecule is CCCc1ccc2oc3c4cc5ccccc5cc4ccc3c2c1. The van der Waals surface area contributed by atoms with Gasteiger partial charge in [-0.05, 0) is 58.5 Å². The van der Waals surface area contributed by atoms with Crippen molar-refractivity contribution in [3.63, 3.8) is 0 Å². The van der Waals surface area contributed by atoms with E-state index >= 15 is 0 Å². The summed E-state index contributed by atoms with van der Waals surface area (Å²) in [5.41, 5.74) is 3.36. The Morgan fingerprint density at radius 1 is 0.708 bits per heavy atom. The number of fused-ring (bicyclic) bond motifs is 6. The van der Waals surface area contributed by atoms with Crippen LogP contribution in [0.2, 0.25) is 0 Å². The summed E-state index contributed by atoms with van der Waals surface area (Å²) >= 11 is 0. The number of hydrogen-bond donors (Lipinski definition) is 0. The Balaban J connectivity index is 1.89. The van der Waals surface area contributed by atoms with Gasteiger partial charge in [0.15, 0.2) is 0 Å². The molecular formula is C23H18O. The normalized spacial score (nSPS) is 11.9. The molecule has 0 aliphatic rings. The third-order valence-electron chi connectivity index (χ3n) is 4.92. The average molecular weight is 310 g/mol. The molecule has 24 heavy (non-hydrogen) atoms. The molecule has 5 aromatic rings. The lowest BCUT2D eigenvalue weighted by molar-refractivity contribution is 0.672. The lowest BCUT2D eigenvalue weighted by Gasteiger charge is -2.03. The Hall–Kier alpha value is -2.80. The molecule has 0 spiro atoms. The van der Waals surface area contributed by atoms with Crippen molar-refractivity contribution < 1.29 is 4.42 Å². The van der Waals surface area contributed by atoms with Crippen LogP contribution in [-0.4, -0.2) is 0 Å². The molecule has 0 saturated carbocycles. The maximum atomic E-state index is 6.25. The molecule has 0 unspecified atom stereocenters. The van der Waals surface area contributed by atoms with Crippen molar-refractivity contribution in [1.82, 2.24) is 0 Å². The van der Waals surface area contributed by atoms with E-state index in [-0.39, 0.29) is 0 Å². The standard InChI is InChI=1S/C23H18O/c1-2-5-15-8-11-22-21(12-15)19-10-9-18-13-16-6-3-4-7-17(16)14-20(18)23(19)24-22/h3-4,6-14H,2,5H2,1H3. The molecule has 0 bridgehead atoms. The van der Waals surface area contributed by atoms with Gasteiger partial charge in [-0.15, -0.1) is 0 Å². The molecule has 0 aliphatic carbocycles. The lowest BCUT2D eigenvalue weighted by atomic mass is 10.0. The van der Waals surface area contributed by atoms with Crippen LogP contribution in [0.1, 0.15) is 18.9 Å². The van der Waals surface area contributed by atoms with Crippen molar-refractivity contribution in [2.24, 2.45) is 0 Å². The molecule has 0 saturated heterocycles. The Morgan fingerprint density at radius 2 is 1.54 bits per heavy atom. The minimum atomic E-state index is 0.977. The zero-order valence-corrected chi connectivity index (χ0v) is 13.7. The van der Waals surface area contributed by atoms with Crippen LogP contribution in [0.4, 0.5) is 0 Å². The third-order valence-corrected chi connectivity index (χ3v) is 4.92. The van der Waals surface area contributed by atoms with Crippen LogP contribution < -0.4 is 0 Å². The monoisotopic (exact) mass is 310 g/mol. The van der Waals surface area contributed by atoms with Crippen LogP contribution in [0.5, 0.6) is 0 Å². The number of benzene rings is 4. The number of aryl methyl sites for hydroxylation is 1. The van der Waals surface area contributed by atoms with Gasteiger partial charge in [-0.2, -0.15) is 0 Å². The number of furan rings is 1. The number of hydrogen-bond acceptors (Lipinski definition) is 1. The first-order valence-electron chi connectivity index (χ1n) is 8.60. The van der Waals surface area contributed by atoms with E-state index in [0.29, 0.717) is 0 Å². The fraction of sp³-hybridized carbons (Fsp3) is 0.130. The molecule has 1 nitrogen and oxygen atoms in total. The zero-order chi connectivity index (χ0) is 16.1. The van der Waals surface area contributed by atoms with Gasteiger partial charge < -0.3 is 4.42 Å². The van der Waals surface area contributed by atoms with Crippen LogP contribution in [0.25, 0.3) is 43.5 Å². The van der Waals surface area contributed by atoms with Crippen molar-refractivity contribution >= 4 is 43.5 Å². The summed E-state index contributed by atoms with van der Waals surface area (Å²) in [5.74, 6) is 0. The Kier molecular flexibility index (Phi) is 2.90. The van der Waals surface area contributed by atoms with Crippen molar-refractivity contribution in [3.8, 4) is 0 Å². The molecule has 0 radical (unpaired) electrons. The highest BCUT2D eigenvalue weighted by atomic mass is 16.3. The second-order valence-electron chi connectivity index (χ2n) is 6.55. The second-order valence-corrected chi connectivity index (χ2v) is 6.55. The van der Waals surface area contributed by atoms with Crippen LogP contribution in [0.3, 0.4) is 0 Å². The van der Waals surface area contributed by atoms with Crippen molar-refractivity contribution in [2.75, 3.05) is 0 Å². The summed E-state index contributed by atoms with van der Waals surface area (Å²) < 4.78 is 6.25. The highest BCUT2D eigenvalue weighted by Gasteiger charge is 2.11. The first-order chi connectivity index (χ1) is 11.8. The van der Waals surface area contributed by atoms with Gasteiger partial charge in [0.1, 0.15) is 11.2 Å². The molecule has 0 fully saturated rings. The van der Waals surface area contributed by atoms with E-state index in [9.17, 15) is 0 Å². The van der Waals surface area contributed by atoms with Gasteiger partial charge in [0.2, 0.25) is 0 Å². The molecule has 0 amide bonds. The topological polar surface area (TPSA) is 13.1 Å². The maximum absolute atomic E-state index is 6.25. The van der Waals surface area contributed by atoms with E-state index in [0.717, 1.165) is 24.0 Å². The highest BCUT2D eigenvalue weighted by molar-refractivity contribution is 6.17. The largest absolute Gasteiger partial charge is 0.455 e. The first-order valence-corrected chi connectivity index (χ1v) is 8.60. The summed E-state index contributed by atoms with van der Waals surface area (Å²) in [4.78, 5) is 0. The van der Waals surface area contributed by atoms with Gasteiger partial charge in [0.25, 0.3) is 0 Å². The quantitative estimate of drug-likeness (QED) is 0.325. The van der Waals surface area contributed by atoms with Gasteiger partial charge in [-0.25, -0.2) is 0 Å². The lowest BCUT2D eigenvalue weighted by Crippen LogP contribution is -1.81. The van der Waals surface area contributed by atoms with Crippen LogP contribution >= 0.6 is 0 Å². The van der Waals surface area contributed by atoms with Gasteiger partial charge in [-0.1, -0.05) is 49.7 Å². The predicted octanol–water partition coefficient (Wildman–Crippen LogP) is 6.84. The smallest absolute Gasteiger partial charge is 0.143 e. The van der Waals surface area contributed by atoms with Crippen molar-refractivity contribution in [1.29, 1.82) is 0 Å². The molecule has 116 valence electrons. The molecule has 0 aliphatic heterocycles. The summed E-state index contributed by atoms with van der Waals surface area (Å²) in [7, 11) is 0. The zero-order valence-electron chi connectivity index (χ0n) is 13.7.